The Morgan fingerprint density at radius 2 is 1.85 bits per heavy atom. The van der Waals surface area contributed by atoms with Gasteiger partial charge >= 0.3 is 5.97 Å². The Kier molecular flexibility index (Phi) is 4.88. The number of nitrogens with two attached hydrogens (primary N) is 1. The number of anilines is 1. The summed E-state index contributed by atoms with van der Waals surface area (Å²) < 4.78 is 5.19. The summed E-state index contributed by atoms with van der Waals surface area (Å²) in [6, 6.07) is 12.3. The van der Waals surface area contributed by atoms with Crippen LogP contribution in [-0.4, -0.2) is 5.97 Å². The van der Waals surface area contributed by atoms with Gasteiger partial charge in [0.15, 0.2) is 0 Å². The molecule has 2 N–H and O–H groups in total. The van der Waals surface area contributed by atoms with Gasteiger partial charge in [-0.05, 0) is 29.3 Å². The van der Waals surface area contributed by atoms with Crippen molar-refractivity contribution >= 4 is 34.9 Å². The number of ether oxygens (including phenoxy) is 1. The summed E-state index contributed by atoms with van der Waals surface area (Å²) in [7, 11) is 0. The Labute approximate surface area is 127 Å². The molecule has 0 heterocycles. The summed E-state index contributed by atoms with van der Waals surface area (Å²) in [4.78, 5) is 11.8. The first-order valence-corrected chi connectivity index (χ1v) is 6.75. The zero-order valence-electron chi connectivity index (χ0n) is 10.6. The second-order valence-electron chi connectivity index (χ2n) is 4.28. The molecule has 2 rings (SSSR count). The van der Waals surface area contributed by atoms with Crippen LogP contribution in [0.2, 0.25) is 10.0 Å². The van der Waals surface area contributed by atoms with E-state index in [1.165, 1.54) is 0 Å². The Balaban J connectivity index is 1.92. The maximum atomic E-state index is 11.8. The molecule has 0 aliphatic heterocycles. The number of hydrogen-bond acceptors (Lipinski definition) is 3. The minimum absolute atomic E-state index is 0.147. The fraction of sp³-hybridized carbons (Fsp3) is 0.133. The van der Waals surface area contributed by atoms with Crippen LogP contribution in [0, 0.1) is 0 Å². The molecule has 0 radical (unpaired) electrons. The number of benzene rings is 2. The molecule has 0 bridgehead atoms. The summed E-state index contributed by atoms with van der Waals surface area (Å²) in [5.74, 6) is -0.339. The Hall–Kier alpha value is -1.71. The van der Waals surface area contributed by atoms with Gasteiger partial charge in [-0.3, -0.25) is 4.79 Å². The summed E-state index contributed by atoms with van der Waals surface area (Å²) in [5.41, 5.74) is 7.90. The van der Waals surface area contributed by atoms with Crippen molar-refractivity contribution < 1.29 is 9.53 Å². The van der Waals surface area contributed by atoms with E-state index in [2.05, 4.69) is 0 Å². The molecule has 3 nitrogen and oxygen atoms in total. The normalized spacial score (nSPS) is 10.3. The fourth-order valence-corrected chi connectivity index (χ4v) is 2.02. The number of rotatable bonds is 4. The van der Waals surface area contributed by atoms with E-state index in [1.807, 2.05) is 12.1 Å². The molecular formula is C15H13Cl2NO2. The van der Waals surface area contributed by atoms with Gasteiger partial charge in [-0.2, -0.15) is 0 Å². The second-order valence-corrected chi connectivity index (χ2v) is 5.10. The van der Waals surface area contributed by atoms with Crippen LogP contribution in [-0.2, 0) is 22.6 Å². The number of hydrogen-bond donors (Lipinski definition) is 1. The Morgan fingerprint density at radius 1 is 1.10 bits per heavy atom. The van der Waals surface area contributed by atoms with Crippen LogP contribution in [0.1, 0.15) is 11.1 Å². The molecule has 0 unspecified atom stereocenters. The molecule has 0 spiro atoms. The third-order valence-electron chi connectivity index (χ3n) is 2.77. The van der Waals surface area contributed by atoms with Gasteiger partial charge in [0, 0.05) is 5.69 Å². The molecule has 0 saturated carbocycles. The minimum atomic E-state index is -0.339. The maximum absolute atomic E-state index is 11.8. The quantitative estimate of drug-likeness (QED) is 0.689. The monoisotopic (exact) mass is 309 g/mol. The molecule has 0 fully saturated rings. The zero-order valence-corrected chi connectivity index (χ0v) is 12.1. The van der Waals surface area contributed by atoms with Gasteiger partial charge in [0.05, 0.1) is 16.5 Å². The van der Waals surface area contributed by atoms with Gasteiger partial charge in [-0.25, -0.2) is 0 Å². The zero-order chi connectivity index (χ0) is 14.5. The first kappa shape index (κ1) is 14.7. The average molecular weight is 310 g/mol. The Morgan fingerprint density at radius 3 is 2.55 bits per heavy atom. The molecule has 2 aromatic carbocycles. The maximum Gasteiger partial charge on any atom is 0.310 e. The highest BCUT2D eigenvalue weighted by molar-refractivity contribution is 6.42. The topological polar surface area (TPSA) is 52.3 Å². The lowest BCUT2D eigenvalue weighted by Gasteiger charge is -2.07. The number of nitrogen functional groups attached to an aromatic ring is 1. The summed E-state index contributed by atoms with van der Waals surface area (Å²) in [5, 5.41) is 0.909. The molecule has 0 aromatic heterocycles. The van der Waals surface area contributed by atoms with E-state index in [9.17, 15) is 4.79 Å². The summed E-state index contributed by atoms with van der Waals surface area (Å²) in [6.07, 6.45) is 0.147. The highest BCUT2D eigenvalue weighted by atomic mass is 35.5. The van der Waals surface area contributed by atoms with Crippen LogP contribution in [0.4, 0.5) is 5.69 Å². The molecule has 5 heteroatoms. The molecule has 2 aromatic rings. The molecule has 104 valence electrons. The van der Waals surface area contributed by atoms with E-state index in [4.69, 9.17) is 33.7 Å². The van der Waals surface area contributed by atoms with E-state index in [0.29, 0.717) is 15.7 Å². The van der Waals surface area contributed by atoms with Gasteiger partial charge in [0.2, 0.25) is 0 Å². The molecule has 0 amide bonds. The van der Waals surface area contributed by atoms with E-state index in [1.54, 1.807) is 30.3 Å². The number of carbonyl (C=O) groups excluding carboxylic acids is 1. The van der Waals surface area contributed by atoms with Crippen LogP contribution in [0.3, 0.4) is 0 Å². The van der Waals surface area contributed by atoms with Crippen LogP contribution >= 0.6 is 23.2 Å². The van der Waals surface area contributed by atoms with Crippen LogP contribution in [0.15, 0.2) is 42.5 Å². The van der Waals surface area contributed by atoms with Crippen molar-refractivity contribution in [2.24, 2.45) is 0 Å². The predicted molar refractivity (Wildman–Crippen MR) is 80.8 cm³/mol. The van der Waals surface area contributed by atoms with E-state index in [-0.39, 0.29) is 19.0 Å². The van der Waals surface area contributed by atoms with Gasteiger partial charge < -0.3 is 10.5 Å². The van der Waals surface area contributed by atoms with Crippen molar-refractivity contribution in [1.82, 2.24) is 0 Å². The first-order chi connectivity index (χ1) is 9.56. The number of esters is 1. The van der Waals surface area contributed by atoms with Crippen LogP contribution in [0.5, 0.6) is 0 Å². The molecule has 20 heavy (non-hydrogen) atoms. The largest absolute Gasteiger partial charge is 0.461 e. The van der Waals surface area contributed by atoms with E-state index >= 15 is 0 Å². The molecule has 0 saturated heterocycles. The van der Waals surface area contributed by atoms with Crippen molar-refractivity contribution in [3.05, 3.63) is 63.6 Å². The standard InChI is InChI=1S/C15H13Cl2NO2/c16-12-6-5-10(7-13(12)17)9-20-15(19)8-11-3-1-2-4-14(11)18/h1-7H,8-9,18H2. The van der Waals surface area contributed by atoms with Gasteiger partial charge in [-0.15, -0.1) is 0 Å². The van der Waals surface area contributed by atoms with Gasteiger partial charge in [0.25, 0.3) is 0 Å². The second kappa shape index (κ2) is 6.64. The Bertz CT molecular complexity index is 629. The number of para-hydroxylation sites is 1. The van der Waals surface area contributed by atoms with E-state index in [0.717, 1.165) is 11.1 Å². The number of halogens is 2. The molecule has 0 aliphatic rings. The van der Waals surface area contributed by atoms with Crippen molar-refractivity contribution in [2.45, 2.75) is 13.0 Å². The van der Waals surface area contributed by atoms with Gasteiger partial charge in [-0.1, -0.05) is 47.5 Å². The lowest BCUT2D eigenvalue weighted by Crippen LogP contribution is -2.09. The van der Waals surface area contributed by atoms with Crippen molar-refractivity contribution in [3.8, 4) is 0 Å². The first-order valence-electron chi connectivity index (χ1n) is 5.99. The van der Waals surface area contributed by atoms with E-state index < -0.39 is 0 Å². The van der Waals surface area contributed by atoms with Gasteiger partial charge in [0.1, 0.15) is 6.61 Å². The van der Waals surface area contributed by atoms with Crippen LogP contribution in [0.25, 0.3) is 0 Å². The fourth-order valence-electron chi connectivity index (χ4n) is 1.69. The molecular weight excluding hydrogens is 297 g/mol. The van der Waals surface area contributed by atoms with Crippen molar-refractivity contribution in [2.75, 3.05) is 5.73 Å². The smallest absolute Gasteiger partial charge is 0.310 e. The summed E-state index contributed by atoms with van der Waals surface area (Å²) in [6.45, 7) is 0.155. The highest BCUT2D eigenvalue weighted by Crippen LogP contribution is 2.23. The van der Waals surface area contributed by atoms with Crippen molar-refractivity contribution in [3.63, 3.8) is 0 Å². The predicted octanol–water partition coefficient (Wildman–Crippen LogP) is 3.86. The third kappa shape index (κ3) is 3.89. The molecule has 0 aliphatic carbocycles. The van der Waals surface area contributed by atoms with Crippen LogP contribution < -0.4 is 5.73 Å². The third-order valence-corrected chi connectivity index (χ3v) is 3.51. The molecule has 0 atom stereocenters. The van der Waals surface area contributed by atoms with Crippen molar-refractivity contribution in [1.29, 1.82) is 0 Å². The average Bonchev–Trinajstić information content (AvgIpc) is 2.43. The summed E-state index contributed by atoms with van der Waals surface area (Å²) >= 11 is 11.7. The lowest BCUT2D eigenvalue weighted by atomic mass is 10.1. The highest BCUT2D eigenvalue weighted by Gasteiger charge is 2.08. The minimum Gasteiger partial charge on any atom is -0.461 e. The SMILES string of the molecule is Nc1ccccc1CC(=O)OCc1ccc(Cl)c(Cl)c1. The number of carbonyl (C=O) groups is 1. The lowest BCUT2D eigenvalue weighted by molar-refractivity contribution is -0.144.